The highest BCUT2D eigenvalue weighted by atomic mass is 32.1. The Labute approximate surface area is 132 Å². The molecular formula is C15H9F3N2O2S. The van der Waals surface area contributed by atoms with Gasteiger partial charge in [0.15, 0.2) is 0 Å². The molecule has 3 aromatic rings. The van der Waals surface area contributed by atoms with Gasteiger partial charge in [0.2, 0.25) is 0 Å². The first-order valence-corrected chi connectivity index (χ1v) is 7.22. The van der Waals surface area contributed by atoms with Crippen molar-refractivity contribution in [3.8, 4) is 0 Å². The molecule has 0 saturated heterocycles. The number of carbonyl (C=O) groups is 1. The van der Waals surface area contributed by atoms with Crippen LogP contribution in [0.2, 0.25) is 0 Å². The topological polar surface area (TPSA) is 62.2 Å². The molecule has 0 aliphatic carbocycles. The molecule has 118 valence electrons. The van der Waals surface area contributed by atoms with Gasteiger partial charge >= 0.3 is 12.1 Å². The number of rotatable bonds is 3. The molecule has 0 spiro atoms. The molecule has 4 nitrogen and oxygen atoms in total. The number of nitrogens with one attached hydrogen (secondary N) is 1. The van der Waals surface area contributed by atoms with E-state index in [9.17, 15) is 23.1 Å². The summed E-state index contributed by atoms with van der Waals surface area (Å²) in [5, 5.41) is 12.7. The number of pyridine rings is 1. The van der Waals surface area contributed by atoms with Crippen molar-refractivity contribution in [2.75, 3.05) is 5.32 Å². The zero-order valence-corrected chi connectivity index (χ0v) is 12.2. The average molecular weight is 338 g/mol. The number of hydrogen-bond acceptors (Lipinski definition) is 4. The lowest BCUT2D eigenvalue weighted by Gasteiger charge is -2.08. The zero-order valence-electron chi connectivity index (χ0n) is 11.4. The van der Waals surface area contributed by atoms with Gasteiger partial charge in [-0.3, -0.25) is 4.98 Å². The zero-order chi connectivity index (χ0) is 16.6. The summed E-state index contributed by atoms with van der Waals surface area (Å²) in [6.07, 6.45) is -1.42. The van der Waals surface area contributed by atoms with Gasteiger partial charge in [0.1, 0.15) is 4.88 Å². The summed E-state index contributed by atoms with van der Waals surface area (Å²) in [5.74, 6) is -1.20. The minimum Gasteiger partial charge on any atom is -0.477 e. The number of anilines is 2. The summed E-state index contributed by atoms with van der Waals surface area (Å²) in [4.78, 5) is 15.2. The number of alkyl halides is 3. The van der Waals surface area contributed by atoms with E-state index in [-0.39, 0.29) is 15.3 Å². The Morgan fingerprint density at radius 2 is 1.87 bits per heavy atom. The summed E-state index contributed by atoms with van der Waals surface area (Å²) in [7, 11) is 0. The molecule has 0 aliphatic heterocycles. The molecule has 23 heavy (non-hydrogen) atoms. The van der Waals surface area contributed by atoms with E-state index in [0.717, 1.165) is 23.5 Å². The second kappa shape index (κ2) is 5.54. The van der Waals surface area contributed by atoms with Gasteiger partial charge in [-0.1, -0.05) is 6.07 Å². The molecule has 0 bridgehead atoms. The van der Waals surface area contributed by atoms with Crippen LogP contribution < -0.4 is 5.32 Å². The molecule has 2 N–H and O–H groups in total. The van der Waals surface area contributed by atoms with Crippen LogP contribution in [-0.2, 0) is 6.18 Å². The fourth-order valence-electron chi connectivity index (χ4n) is 2.13. The lowest BCUT2D eigenvalue weighted by molar-refractivity contribution is -0.137. The number of carboxylic acid groups (broad SMARTS) is 1. The molecule has 3 rings (SSSR count). The van der Waals surface area contributed by atoms with Gasteiger partial charge in [-0.25, -0.2) is 4.79 Å². The summed E-state index contributed by atoms with van der Waals surface area (Å²) in [6.45, 7) is 0. The number of carboxylic acids is 1. The number of thiophene rings is 1. The van der Waals surface area contributed by atoms with Crippen molar-refractivity contribution in [1.29, 1.82) is 0 Å². The van der Waals surface area contributed by atoms with E-state index in [4.69, 9.17) is 0 Å². The van der Waals surface area contributed by atoms with Crippen molar-refractivity contribution in [2.24, 2.45) is 0 Å². The van der Waals surface area contributed by atoms with E-state index in [2.05, 4.69) is 10.3 Å². The summed E-state index contributed by atoms with van der Waals surface area (Å²) in [5.41, 5.74) is 0.0678. The third-order valence-electron chi connectivity index (χ3n) is 3.16. The largest absolute Gasteiger partial charge is 0.477 e. The molecule has 2 heterocycles. The van der Waals surface area contributed by atoms with Crippen LogP contribution in [0.5, 0.6) is 0 Å². The number of aromatic carboxylic acids is 1. The summed E-state index contributed by atoms with van der Waals surface area (Å²) in [6, 6.07) is 6.46. The Morgan fingerprint density at radius 1 is 1.17 bits per heavy atom. The van der Waals surface area contributed by atoms with Crippen LogP contribution in [0, 0.1) is 0 Å². The van der Waals surface area contributed by atoms with Crippen molar-refractivity contribution in [3.63, 3.8) is 0 Å². The Hall–Kier alpha value is -2.61. The van der Waals surface area contributed by atoms with Gasteiger partial charge in [0.25, 0.3) is 0 Å². The van der Waals surface area contributed by atoms with Crippen LogP contribution in [0.15, 0.2) is 42.7 Å². The fraction of sp³-hybridized carbons (Fsp3) is 0.0667. The maximum Gasteiger partial charge on any atom is 0.416 e. The first kappa shape index (κ1) is 15.3. The van der Waals surface area contributed by atoms with Gasteiger partial charge < -0.3 is 10.4 Å². The fourth-order valence-corrected chi connectivity index (χ4v) is 3.16. The smallest absolute Gasteiger partial charge is 0.416 e. The third-order valence-corrected chi connectivity index (χ3v) is 4.30. The molecule has 0 unspecified atom stereocenters. The lowest BCUT2D eigenvalue weighted by atomic mass is 10.1. The Kier molecular flexibility index (Phi) is 3.69. The van der Waals surface area contributed by atoms with Gasteiger partial charge in [0, 0.05) is 28.2 Å². The van der Waals surface area contributed by atoms with Crippen molar-refractivity contribution >= 4 is 38.8 Å². The SMILES string of the molecule is O=C(O)c1sc2cc(C(F)(F)F)ccc2c1Nc1ccncc1. The van der Waals surface area contributed by atoms with Crippen molar-refractivity contribution in [1.82, 2.24) is 4.98 Å². The summed E-state index contributed by atoms with van der Waals surface area (Å²) >= 11 is 0.804. The van der Waals surface area contributed by atoms with Crippen LogP contribution in [0.4, 0.5) is 24.5 Å². The average Bonchev–Trinajstić information content (AvgIpc) is 2.86. The van der Waals surface area contributed by atoms with Crippen LogP contribution in [-0.4, -0.2) is 16.1 Å². The van der Waals surface area contributed by atoms with Crippen LogP contribution in [0.25, 0.3) is 10.1 Å². The maximum atomic E-state index is 12.8. The van der Waals surface area contributed by atoms with Gasteiger partial charge in [-0.05, 0) is 24.3 Å². The Bertz CT molecular complexity index is 876. The Balaban J connectivity index is 2.15. The normalized spacial score (nSPS) is 11.6. The lowest BCUT2D eigenvalue weighted by Crippen LogP contribution is -2.03. The van der Waals surface area contributed by atoms with Crippen molar-refractivity contribution in [2.45, 2.75) is 6.18 Å². The maximum absolute atomic E-state index is 12.8. The van der Waals surface area contributed by atoms with Gasteiger partial charge in [-0.15, -0.1) is 11.3 Å². The van der Waals surface area contributed by atoms with Crippen molar-refractivity contribution < 1.29 is 23.1 Å². The number of fused-ring (bicyclic) bond motifs is 1. The molecule has 0 aliphatic rings. The van der Waals surface area contributed by atoms with Crippen LogP contribution in [0.3, 0.4) is 0 Å². The predicted octanol–water partition coefficient (Wildman–Crippen LogP) is 4.76. The highest BCUT2D eigenvalue weighted by Crippen LogP contribution is 2.40. The first-order valence-electron chi connectivity index (χ1n) is 6.40. The minimum atomic E-state index is -4.47. The van der Waals surface area contributed by atoms with E-state index in [1.807, 2.05) is 0 Å². The molecule has 8 heteroatoms. The highest BCUT2D eigenvalue weighted by Gasteiger charge is 2.31. The molecule has 2 aromatic heterocycles. The second-order valence-corrected chi connectivity index (χ2v) is 5.73. The van der Waals surface area contributed by atoms with E-state index in [1.165, 1.54) is 18.5 Å². The van der Waals surface area contributed by atoms with Crippen LogP contribution in [0.1, 0.15) is 15.2 Å². The molecule has 0 atom stereocenters. The minimum absolute atomic E-state index is 0.0452. The van der Waals surface area contributed by atoms with Crippen LogP contribution >= 0.6 is 11.3 Å². The molecule has 0 fully saturated rings. The number of benzene rings is 1. The Morgan fingerprint density at radius 3 is 2.48 bits per heavy atom. The van der Waals surface area contributed by atoms with E-state index in [0.29, 0.717) is 11.1 Å². The number of nitrogens with zero attached hydrogens (tertiary/aromatic N) is 1. The van der Waals surface area contributed by atoms with E-state index in [1.54, 1.807) is 12.1 Å². The standard InChI is InChI=1S/C15H9F3N2O2S/c16-15(17,18)8-1-2-10-11(7-8)23-13(14(21)22)12(10)20-9-3-5-19-6-4-9/h1-7H,(H,19,20)(H,21,22). The van der Waals surface area contributed by atoms with Gasteiger partial charge in [0.05, 0.1) is 11.3 Å². The number of aromatic nitrogens is 1. The monoisotopic (exact) mass is 338 g/mol. The van der Waals surface area contributed by atoms with Crippen molar-refractivity contribution in [3.05, 3.63) is 53.2 Å². The quantitative estimate of drug-likeness (QED) is 0.723. The number of hydrogen-bond donors (Lipinski definition) is 2. The molecule has 0 amide bonds. The highest BCUT2D eigenvalue weighted by molar-refractivity contribution is 7.21. The molecule has 0 radical (unpaired) electrons. The first-order chi connectivity index (χ1) is 10.9. The second-order valence-electron chi connectivity index (χ2n) is 4.68. The van der Waals surface area contributed by atoms with E-state index < -0.39 is 17.7 Å². The molecule has 0 saturated carbocycles. The van der Waals surface area contributed by atoms with Gasteiger partial charge in [-0.2, -0.15) is 13.2 Å². The van der Waals surface area contributed by atoms with E-state index >= 15 is 0 Å². The predicted molar refractivity (Wildman–Crippen MR) is 81.3 cm³/mol. The summed E-state index contributed by atoms with van der Waals surface area (Å²) < 4.78 is 38.6. The molecular weight excluding hydrogens is 329 g/mol. The molecule has 1 aromatic carbocycles. The number of halogens is 3. The third kappa shape index (κ3) is 2.98.